The van der Waals surface area contributed by atoms with Gasteiger partial charge in [0.2, 0.25) is 5.76 Å². The third-order valence-corrected chi connectivity index (χ3v) is 4.60. The number of hydrogen-bond donors (Lipinski definition) is 1. The van der Waals surface area contributed by atoms with Crippen LogP contribution in [-0.2, 0) is 20.9 Å². The fraction of sp³-hybridized carbons (Fsp3) is 0.200. The first kappa shape index (κ1) is 22.1. The molecule has 1 aliphatic rings. The predicted octanol–water partition coefficient (Wildman–Crippen LogP) is 2.86. The number of imide groups is 1. The number of nitrogens with one attached hydrogen (secondary N) is 1. The summed E-state index contributed by atoms with van der Waals surface area (Å²) >= 11 is 3.32. The van der Waals surface area contributed by atoms with Gasteiger partial charge in [-0.3, -0.25) is 14.5 Å². The fourth-order valence-electron chi connectivity index (χ4n) is 2.80. The topological polar surface area (TPSA) is 124 Å². The van der Waals surface area contributed by atoms with E-state index in [1.54, 1.807) is 12.1 Å². The Morgan fingerprint density at radius 1 is 1.23 bits per heavy atom. The molecule has 0 unspecified atom stereocenters. The lowest BCUT2D eigenvalue weighted by Crippen LogP contribution is -2.30. The molecule has 31 heavy (non-hydrogen) atoms. The fourth-order valence-corrected chi connectivity index (χ4v) is 3.25. The van der Waals surface area contributed by atoms with Crippen LogP contribution < -0.4 is 14.8 Å². The van der Waals surface area contributed by atoms with E-state index in [9.17, 15) is 19.2 Å². The molecule has 0 atom stereocenters. The Kier molecular flexibility index (Phi) is 6.44. The van der Waals surface area contributed by atoms with Crippen molar-refractivity contribution in [3.8, 4) is 11.5 Å². The number of esters is 2. The standard InChI is InChI=1S/C20H17BrN2O8/c1-10(24)30-17-11(6-12(21)8-16(17)28-2)7-14-18(25)23(20(27)22-14)9-13-4-5-15(31-13)19(26)29-3/h4-8H,9H2,1-3H3,(H,22,27). The van der Waals surface area contributed by atoms with Gasteiger partial charge in [0.1, 0.15) is 11.5 Å². The average molecular weight is 493 g/mol. The lowest BCUT2D eigenvalue weighted by molar-refractivity contribution is -0.132. The number of ether oxygens (including phenoxy) is 3. The van der Waals surface area contributed by atoms with E-state index in [0.717, 1.165) is 4.90 Å². The highest BCUT2D eigenvalue weighted by Crippen LogP contribution is 2.36. The van der Waals surface area contributed by atoms with Crippen LogP contribution in [0, 0.1) is 0 Å². The number of carbonyl (C=O) groups is 4. The van der Waals surface area contributed by atoms with E-state index in [-0.39, 0.29) is 35.3 Å². The summed E-state index contributed by atoms with van der Waals surface area (Å²) in [5.41, 5.74) is 0.288. The van der Waals surface area contributed by atoms with Gasteiger partial charge in [0.25, 0.3) is 5.91 Å². The molecule has 0 bridgehead atoms. The zero-order chi connectivity index (χ0) is 22.7. The number of methoxy groups -OCH3 is 2. The van der Waals surface area contributed by atoms with Crippen molar-refractivity contribution in [2.75, 3.05) is 14.2 Å². The van der Waals surface area contributed by atoms with Crippen molar-refractivity contribution in [1.29, 1.82) is 0 Å². The van der Waals surface area contributed by atoms with Gasteiger partial charge >= 0.3 is 18.0 Å². The number of nitrogens with zero attached hydrogens (tertiary/aromatic N) is 1. The Morgan fingerprint density at radius 2 is 1.97 bits per heavy atom. The van der Waals surface area contributed by atoms with E-state index < -0.39 is 23.9 Å². The number of amides is 3. The van der Waals surface area contributed by atoms with Crippen molar-refractivity contribution >= 4 is 45.9 Å². The maximum absolute atomic E-state index is 12.8. The van der Waals surface area contributed by atoms with Gasteiger partial charge in [-0.1, -0.05) is 15.9 Å². The number of hydrogen-bond acceptors (Lipinski definition) is 8. The summed E-state index contributed by atoms with van der Waals surface area (Å²) in [4.78, 5) is 49.0. The van der Waals surface area contributed by atoms with Crippen LogP contribution in [0.5, 0.6) is 11.5 Å². The molecule has 1 aliphatic heterocycles. The first-order valence-electron chi connectivity index (χ1n) is 8.81. The first-order valence-corrected chi connectivity index (χ1v) is 9.60. The van der Waals surface area contributed by atoms with E-state index >= 15 is 0 Å². The van der Waals surface area contributed by atoms with E-state index in [4.69, 9.17) is 13.9 Å². The van der Waals surface area contributed by atoms with Gasteiger partial charge in [0, 0.05) is 17.0 Å². The van der Waals surface area contributed by atoms with Crippen LogP contribution in [-0.4, -0.2) is 43.0 Å². The van der Waals surface area contributed by atoms with E-state index in [2.05, 4.69) is 26.0 Å². The molecule has 0 radical (unpaired) electrons. The molecule has 2 heterocycles. The minimum absolute atomic E-state index is 0.0432. The Bertz CT molecular complexity index is 1100. The molecule has 162 valence electrons. The zero-order valence-electron chi connectivity index (χ0n) is 16.7. The molecule has 2 aromatic rings. The quantitative estimate of drug-likeness (QED) is 0.282. The second-order valence-electron chi connectivity index (χ2n) is 6.26. The van der Waals surface area contributed by atoms with Crippen LogP contribution in [0.3, 0.4) is 0 Å². The summed E-state index contributed by atoms with van der Waals surface area (Å²) in [6.07, 6.45) is 1.37. The Hall–Kier alpha value is -3.60. The second kappa shape index (κ2) is 9.04. The van der Waals surface area contributed by atoms with Gasteiger partial charge in [-0.2, -0.15) is 0 Å². The van der Waals surface area contributed by atoms with Crippen LogP contribution in [0.1, 0.15) is 28.8 Å². The lowest BCUT2D eigenvalue weighted by atomic mass is 10.1. The van der Waals surface area contributed by atoms with Crippen LogP contribution in [0.2, 0.25) is 0 Å². The molecule has 0 spiro atoms. The second-order valence-corrected chi connectivity index (χ2v) is 7.17. The van der Waals surface area contributed by atoms with Crippen LogP contribution in [0.4, 0.5) is 4.79 Å². The number of halogens is 1. The SMILES string of the molecule is COC(=O)c1ccc(CN2C(=O)NC(=Cc3cc(Br)cc(OC)c3OC(C)=O)C2=O)o1. The lowest BCUT2D eigenvalue weighted by Gasteiger charge is -2.12. The Morgan fingerprint density at radius 3 is 2.61 bits per heavy atom. The third kappa shape index (κ3) is 4.77. The molecule has 3 rings (SSSR count). The molecule has 1 aromatic heterocycles. The summed E-state index contributed by atoms with van der Waals surface area (Å²) in [5.74, 6) is -1.36. The van der Waals surface area contributed by atoms with Crippen molar-refractivity contribution in [2.24, 2.45) is 0 Å². The smallest absolute Gasteiger partial charge is 0.373 e. The maximum Gasteiger partial charge on any atom is 0.373 e. The predicted molar refractivity (Wildman–Crippen MR) is 109 cm³/mol. The number of furan rings is 1. The van der Waals surface area contributed by atoms with Crippen molar-refractivity contribution < 1.29 is 37.8 Å². The summed E-state index contributed by atoms with van der Waals surface area (Å²) < 4.78 is 20.9. The normalized spacial score (nSPS) is 14.6. The molecule has 10 nitrogen and oxygen atoms in total. The van der Waals surface area contributed by atoms with Crippen molar-refractivity contribution in [1.82, 2.24) is 10.2 Å². The highest BCUT2D eigenvalue weighted by Gasteiger charge is 2.35. The third-order valence-electron chi connectivity index (χ3n) is 4.14. The number of benzene rings is 1. The molecular formula is C20H17BrN2O8. The van der Waals surface area contributed by atoms with Gasteiger partial charge < -0.3 is 23.9 Å². The molecule has 1 fully saturated rings. The van der Waals surface area contributed by atoms with E-state index in [1.165, 1.54) is 39.4 Å². The number of urea groups is 1. The first-order chi connectivity index (χ1) is 14.7. The van der Waals surface area contributed by atoms with Crippen molar-refractivity contribution in [3.63, 3.8) is 0 Å². The molecule has 11 heteroatoms. The minimum atomic E-state index is -0.678. The van der Waals surface area contributed by atoms with Crippen LogP contribution in [0.15, 0.2) is 38.9 Å². The summed E-state index contributed by atoms with van der Waals surface area (Å²) in [5, 5.41) is 2.47. The number of carbonyl (C=O) groups excluding carboxylic acids is 4. The molecule has 0 saturated carbocycles. The Labute approximate surface area is 184 Å². The summed E-state index contributed by atoms with van der Waals surface area (Å²) in [6.45, 7) is 1.03. The molecule has 1 N–H and O–H groups in total. The maximum atomic E-state index is 12.8. The zero-order valence-corrected chi connectivity index (χ0v) is 18.3. The minimum Gasteiger partial charge on any atom is -0.493 e. The summed E-state index contributed by atoms with van der Waals surface area (Å²) in [6, 6.07) is 5.37. The van der Waals surface area contributed by atoms with Crippen molar-refractivity contribution in [3.05, 3.63) is 51.5 Å². The van der Waals surface area contributed by atoms with Gasteiger partial charge in [-0.25, -0.2) is 9.59 Å². The molecule has 1 saturated heterocycles. The highest BCUT2D eigenvalue weighted by molar-refractivity contribution is 9.10. The molecule has 1 aromatic carbocycles. The van der Waals surface area contributed by atoms with Crippen LogP contribution >= 0.6 is 15.9 Å². The molecular weight excluding hydrogens is 476 g/mol. The molecule has 3 amide bonds. The largest absolute Gasteiger partial charge is 0.493 e. The molecule has 0 aliphatic carbocycles. The average Bonchev–Trinajstić information content (AvgIpc) is 3.29. The number of rotatable bonds is 6. The summed E-state index contributed by atoms with van der Waals surface area (Å²) in [7, 11) is 2.61. The van der Waals surface area contributed by atoms with Gasteiger partial charge in [0.05, 0.1) is 20.8 Å². The highest BCUT2D eigenvalue weighted by atomic mass is 79.9. The van der Waals surface area contributed by atoms with Gasteiger partial charge in [-0.05, 0) is 30.3 Å². The van der Waals surface area contributed by atoms with E-state index in [1.807, 2.05) is 0 Å². The monoisotopic (exact) mass is 492 g/mol. The van der Waals surface area contributed by atoms with E-state index in [0.29, 0.717) is 10.0 Å². The van der Waals surface area contributed by atoms with Gasteiger partial charge in [-0.15, -0.1) is 0 Å². The Balaban J connectivity index is 1.90. The van der Waals surface area contributed by atoms with Crippen LogP contribution in [0.25, 0.3) is 6.08 Å². The van der Waals surface area contributed by atoms with Gasteiger partial charge in [0.15, 0.2) is 11.5 Å². The van der Waals surface area contributed by atoms with Crippen molar-refractivity contribution in [2.45, 2.75) is 13.5 Å².